The van der Waals surface area contributed by atoms with Crippen LogP contribution < -0.4 is 0 Å². The summed E-state index contributed by atoms with van der Waals surface area (Å²) in [6.07, 6.45) is 13.2. The lowest BCUT2D eigenvalue weighted by Crippen LogP contribution is -2.25. The first-order valence-corrected chi connectivity index (χ1v) is 13.0. The van der Waals surface area contributed by atoms with Gasteiger partial charge in [0.05, 0.1) is 0 Å². The number of hydrogen-bond donors (Lipinski definition) is 0. The molecule has 2 fully saturated rings. The Bertz CT molecular complexity index is 956. The fourth-order valence-electron chi connectivity index (χ4n) is 6.68. The highest BCUT2D eigenvalue weighted by Crippen LogP contribution is 2.45. The second kappa shape index (κ2) is 10.5. The van der Waals surface area contributed by atoms with Gasteiger partial charge in [0.1, 0.15) is 0 Å². The molecule has 0 amide bonds. The van der Waals surface area contributed by atoms with Gasteiger partial charge in [-0.25, -0.2) is 8.78 Å². The Kier molecular flexibility index (Phi) is 7.66. The van der Waals surface area contributed by atoms with Gasteiger partial charge in [0.25, 0.3) is 0 Å². The SMILES string of the molecule is CCCC1CCC(C2CCC(c3ccc(-c4cc(C)c(C=O)c(C)c4)c(F)c3F)CC2)CC1. The van der Waals surface area contributed by atoms with Crippen molar-refractivity contribution in [2.75, 3.05) is 0 Å². The zero-order valence-electron chi connectivity index (χ0n) is 20.4. The number of aryl methyl sites for hydroxylation is 2. The molecule has 0 spiro atoms. The van der Waals surface area contributed by atoms with E-state index in [0.717, 1.165) is 60.9 Å². The van der Waals surface area contributed by atoms with Crippen molar-refractivity contribution in [3.63, 3.8) is 0 Å². The minimum absolute atomic E-state index is 0.113. The van der Waals surface area contributed by atoms with E-state index in [1.807, 2.05) is 13.8 Å². The van der Waals surface area contributed by atoms with E-state index in [1.54, 1.807) is 24.3 Å². The van der Waals surface area contributed by atoms with E-state index in [0.29, 0.717) is 16.7 Å². The standard InChI is InChI=1S/C30H38F2O/c1-4-5-21-6-8-22(9-7-21)23-10-12-24(13-11-23)26-14-15-27(30(32)29(26)31)25-16-19(2)28(18-33)20(3)17-25/h14-18,21-24H,4-13H2,1-3H3. The van der Waals surface area contributed by atoms with Crippen LogP contribution in [-0.2, 0) is 0 Å². The van der Waals surface area contributed by atoms with Crippen molar-refractivity contribution < 1.29 is 13.6 Å². The molecule has 0 N–H and O–H groups in total. The molecule has 0 radical (unpaired) electrons. The van der Waals surface area contributed by atoms with Crippen molar-refractivity contribution in [3.05, 3.63) is 58.2 Å². The predicted octanol–water partition coefficient (Wildman–Crippen LogP) is 8.94. The van der Waals surface area contributed by atoms with E-state index in [-0.39, 0.29) is 11.5 Å². The van der Waals surface area contributed by atoms with Gasteiger partial charge in [-0.3, -0.25) is 4.79 Å². The molecule has 0 bridgehead atoms. The monoisotopic (exact) mass is 452 g/mol. The molecule has 0 saturated heterocycles. The number of rotatable bonds is 6. The molecular formula is C30H38F2O. The van der Waals surface area contributed by atoms with Crippen molar-refractivity contribution in [1.82, 2.24) is 0 Å². The van der Waals surface area contributed by atoms with Crippen LogP contribution >= 0.6 is 0 Å². The molecular weight excluding hydrogens is 414 g/mol. The largest absolute Gasteiger partial charge is 0.298 e. The summed E-state index contributed by atoms with van der Waals surface area (Å²) >= 11 is 0. The molecule has 0 aromatic heterocycles. The lowest BCUT2D eigenvalue weighted by Gasteiger charge is -2.38. The number of halogens is 2. The highest BCUT2D eigenvalue weighted by atomic mass is 19.2. The summed E-state index contributed by atoms with van der Waals surface area (Å²) in [6.45, 7) is 5.95. The Morgan fingerprint density at radius 2 is 1.42 bits per heavy atom. The fourth-order valence-corrected chi connectivity index (χ4v) is 6.68. The number of hydrogen-bond acceptors (Lipinski definition) is 1. The third-order valence-corrected chi connectivity index (χ3v) is 8.60. The number of aldehydes is 1. The molecule has 0 aliphatic heterocycles. The van der Waals surface area contributed by atoms with Gasteiger partial charge in [0, 0.05) is 11.1 Å². The Hall–Kier alpha value is -2.03. The molecule has 0 heterocycles. The third-order valence-electron chi connectivity index (χ3n) is 8.60. The van der Waals surface area contributed by atoms with Gasteiger partial charge in [-0.05, 0) is 98.3 Å². The summed E-state index contributed by atoms with van der Waals surface area (Å²) < 4.78 is 30.4. The first kappa shape index (κ1) is 24.1. The van der Waals surface area contributed by atoms with Crippen LogP contribution in [0, 0.1) is 43.2 Å². The lowest BCUT2D eigenvalue weighted by molar-refractivity contribution is 0.112. The summed E-state index contributed by atoms with van der Waals surface area (Å²) in [5, 5.41) is 0. The average Bonchev–Trinajstić information content (AvgIpc) is 2.81. The molecule has 2 saturated carbocycles. The van der Waals surface area contributed by atoms with Crippen LogP contribution in [0.5, 0.6) is 0 Å². The van der Waals surface area contributed by atoms with Crippen molar-refractivity contribution in [1.29, 1.82) is 0 Å². The predicted molar refractivity (Wildman–Crippen MR) is 132 cm³/mol. The second-order valence-electron chi connectivity index (χ2n) is 10.7. The minimum Gasteiger partial charge on any atom is -0.298 e. The minimum atomic E-state index is -0.762. The maximum absolute atomic E-state index is 15.2. The zero-order chi connectivity index (χ0) is 23.5. The van der Waals surface area contributed by atoms with Gasteiger partial charge >= 0.3 is 0 Å². The quantitative estimate of drug-likeness (QED) is 0.400. The highest BCUT2D eigenvalue weighted by Gasteiger charge is 2.32. The van der Waals surface area contributed by atoms with Crippen LogP contribution in [0.2, 0.25) is 0 Å². The van der Waals surface area contributed by atoms with Gasteiger partial charge in [-0.2, -0.15) is 0 Å². The van der Waals surface area contributed by atoms with Gasteiger partial charge in [-0.15, -0.1) is 0 Å². The molecule has 178 valence electrons. The van der Waals surface area contributed by atoms with Crippen LogP contribution in [-0.4, -0.2) is 6.29 Å². The molecule has 4 rings (SSSR count). The molecule has 0 atom stereocenters. The van der Waals surface area contributed by atoms with Crippen molar-refractivity contribution in [2.45, 2.75) is 90.9 Å². The van der Waals surface area contributed by atoms with Crippen LogP contribution in [0.1, 0.15) is 104 Å². The summed E-state index contributed by atoms with van der Waals surface area (Å²) in [5.41, 5.74) is 3.63. The van der Waals surface area contributed by atoms with E-state index < -0.39 is 11.6 Å². The van der Waals surface area contributed by atoms with Crippen LogP contribution in [0.3, 0.4) is 0 Å². The van der Waals surface area contributed by atoms with Crippen molar-refractivity contribution >= 4 is 6.29 Å². The topological polar surface area (TPSA) is 17.1 Å². The van der Waals surface area contributed by atoms with Crippen LogP contribution in [0.4, 0.5) is 8.78 Å². The van der Waals surface area contributed by atoms with Crippen molar-refractivity contribution in [2.24, 2.45) is 17.8 Å². The summed E-state index contributed by atoms with van der Waals surface area (Å²) in [7, 11) is 0. The van der Waals surface area contributed by atoms with Gasteiger partial charge in [0.15, 0.2) is 17.9 Å². The fraction of sp³-hybridized carbons (Fsp3) is 0.567. The zero-order valence-corrected chi connectivity index (χ0v) is 20.4. The second-order valence-corrected chi connectivity index (χ2v) is 10.7. The van der Waals surface area contributed by atoms with E-state index in [9.17, 15) is 4.79 Å². The molecule has 0 unspecified atom stereocenters. The molecule has 2 aromatic carbocycles. The van der Waals surface area contributed by atoms with E-state index in [1.165, 1.54) is 38.5 Å². The Labute approximate surface area is 198 Å². The number of carbonyl (C=O) groups is 1. The number of carbonyl (C=O) groups excluding carboxylic acids is 1. The van der Waals surface area contributed by atoms with Crippen molar-refractivity contribution in [3.8, 4) is 11.1 Å². The summed E-state index contributed by atoms with van der Waals surface area (Å²) in [4.78, 5) is 11.3. The van der Waals surface area contributed by atoms with Crippen LogP contribution in [0.15, 0.2) is 24.3 Å². The van der Waals surface area contributed by atoms with E-state index >= 15 is 8.78 Å². The molecule has 2 aliphatic carbocycles. The average molecular weight is 453 g/mol. The van der Waals surface area contributed by atoms with E-state index in [2.05, 4.69) is 6.92 Å². The Balaban J connectivity index is 1.44. The van der Waals surface area contributed by atoms with Gasteiger partial charge < -0.3 is 0 Å². The maximum Gasteiger partial charge on any atom is 0.166 e. The molecule has 3 heteroatoms. The lowest BCUT2D eigenvalue weighted by atomic mass is 9.68. The Morgan fingerprint density at radius 3 is 1.97 bits per heavy atom. The first-order valence-electron chi connectivity index (χ1n) is 13.0. The third kappa shape index (κ3) is 5.08. The summed E-state index contributed by atoms with van der Waals surface area (Å²) in [5.74, 6) is 1.19. The number of benzene rings is 2. The Morgan fingerprint density at radius 1 is 0.848 bits per heavy atom. The van der Waals surface area contributed by atoms with Crippen LogP contribution in [0.25, 0.3) is 11.1 Å². The normalized spacial score (nSPS) is 25.7. The molecule has 33 heavy (non-hydrogen) atoms. The molecule has 1 nitrogen and oxygen atoms in total. The van der Waals surface area contributed by atoms with E-state index in [4.69, 9.17) is 0 Å². The van der Waals surface area contributed by atoms with Gasteiger partial charge in [-0.1, -0.05) is 56.9 Å². The molecule has 2 aliphatic rings. The first-order chi connectivity index (χ1) is 15.9. The molecule has 2 aromatic rings. The van der Waals surface area contributed by atoms with Gasteiger partial charge in [0.2, 0.25) is 0 Å². The summed E-state index contributed by atoms with van der Waals surface area (Å²) in [6, 6.07) is 7.07. The smallest absolute Gasteiger partial charge is 0.166 e. The highest BCUT2D eigenvalue weighted by molar-refractivity contribution is 5.82. The maximum atomic E-state index is 15.2.